The predicted octanol–water partition coefficient (Wildman–Crippen LogP) is 1.31. The van der Waals surface area contributed by atoms with E-state index in [0.717, 1.165) is 6.26 Å². The lowest BCUT2D eigenvalue weighted by atomic mass is 10.0. The van der Waals surface area contributed by atoms with Crippen LogP contribution in [0.1, 0.15) is 27.7 Å². The summed E-state index contributed by atoms with van der Waals surface area (Å²) in [5.41, 5.74) is 8.90. The van der Waals surface area contributed by atoms with Crippen molar-refractivity contribution in [2.75, 3.05) is 19.5 Å². The third-order valence-electron chi connectivity index (χ3n) is 3.60. The van der Waals surface area contributed by atoms with Crippen molar-refractivity contribution in [2.45, 2.75) is 63.6 Å². The first-order valence-corrected chi connectivity index (χ1v) is 9.30. The molecule has 2 rings (SSSR count). The molecule has 0 unspecified atom stereocenters. The molecule has 2 saturated heterocycles. The summed E-state index contributed by atoms with van der Waals surface area (Å²) in [6.07, 6.45) is -1.07. The molecule has 10 nitrogen and oxygen atoms in total. The first kappa shape index (κ1) is 19.4. The lowest BCUT2D eigenvalue weighted by Crippen LogP contribution is -2.45. The summed E-state index contributed by atoms with van der Waals surface area (Å²) >= 11 is 0. The average Bonchev–Trinajstić information content (AvgIpc) is 2.92. The van der Waals surface area contributed by atoms with Crippen molar-refractivity contribution in [3.63, 3.8) is 0 Å². The Morgan fingerprint density at radius 1 is 1.25 bits per heavy atom. The highest BCUT2D eigenvalue weighted by atomic mass is 32.2. The Balaban J connectivity index is 2.20. The van der Waals surface area contributed by atoms with Crippen LogP contribution >= 0.6 is 0 Å². The minimum atomic E-state index is -3.64. The highest BCUT2D eigenvalue weighted by molar-refractivity contribution is 7.85. The van der Waals surface area contributed by atoms with Gasteiger partial charge in [-0.25, -0.2) is 0 Å². The number of hydrogen-bond acceptors (Lipinski definition) is 8. The van der Waals surface area contributed by atoms with Gasteiger partial charge in [-0.1, -0.05) is 5.11 Å². The molecule has 0 aromatic heterocycles. The van der Waals surface area contributed by atoms with Crippen molar-refractivity contribution in [2.24, 2.45) is 5.11 Å². The van der Waals surface area contributed by atoms with Crippen LogP contribution in [0.25, 0.3) is 10.4 Å². The van der Waals surface area contributed by atoms with Crippen LogP contribution in [-0.2, 0) is 33.2 Å². The smallest absolute Gasteiger partial charge is 0.264 e. The fourth-order valence-corrected chi connectivity index (χ4v) is 3.15. The Morgan fingerprint density at radius 3 is 2.42 bits per heavy atom. The Morgan fingerprint density at radius 2 is 1.92 bits per heavy atom. The number of nitrogens with zero attached hydrogens (tertiary/aromatic N) is 3. The molecule has 0 bridgehead atoms. The first-order chi connectivity index (χ1) is 10.9. The highest BCUT2D eigenvalue weighted by Gasteiger charge is 2.50. The highest BCUT2D eigenvalue weighted by Crippen LogP contribution is 2.35. The van der Waals surface area contributed by atoms with Crippen molar-refractivity contribution in [1.82, 2.24) is 0 Å². The van der Waals surface area contributed by atoms with Gasteiger partial charge in [0, 0.05) is 4.91 Å². The van der Waals surface area contributed by atoms with E-state index in [4.69, 9.17) is 28.7 Å². The maximum Gasteiger partial charge on any atom is 0.264 e. The predicted molar refractivity (Wildman–Crippen MR) is 82.5 cm³/mol. The number of rotatable bonds is 6. The quantitative estimate of drug-likeness (QED) is 0.300. The molecule has 138 valence electrons. The molecule has 2 aliphatic rings. The fourth-order valence-electron chi connectivity index (χ4n) is 2.77. The van der Waals surface area contributed by atoms with E-state index in [0.29, 0.717) is 0 Å². The molecule has 0 amide bonds. The summed E-state index contributed by atoms with van der Waals surface area (Å²) in [7, 11) is -3.64. The first-order valence-electron chi connectivity index (χ1n) is 7.48. The average molecular weight is 365 g/mol. The van der Waals surface area contributed by atoms with E-state index < -0.39 is 46.0 Å². The Kier molecular flexibility index (Phi) is 5.46. The second kappa shape index (κ2) is 6.75. The second-order valence-corrected chi connectivity index (χ2v) is 8.33. The van der Waals surface area contributed by atoms with Gasteiger partial charge in [0.25, 0.3) is 10.1 Å². The number of azide groups is 1. The SMILES string of the molecule is CC1(C)O[C@@H]([C@H](N=[N+]=[N-])[C@H]2COC(C)(C)O2)[C@H](COS(C)(=O)=O)O1. The molecule has 2 heterocycles. The van der Waals surface area contributed by atoms with Gasteiger partial charge in [0.2, 0.25) is 0 Å². The molecule has 24 heavy (non-hydrogen) atoms. The molecule has 4 atom stereocenters. The van der Waals surface area contributed by atoms with E-state index in [-0.39, 0.29) is 13.2 Å². The maximum absolute atomic E-state index is 11.2. The fraction of sp³-hybridized carbons (Fsp3) is 1.00. The van der Waals surface area contributed by atoms with Crippen LogP contribution in [0, 0.1) is 0 Å². The molecule has 2 fully saturated rings. The van der Waals surface area contributed by atoms with Crippen molar-refractivity contribution in [3.8, 4) is 0 Å². The third kappa shape index (κ3) is 5.03. The van der Waals surface area contributed by atoms with Gasteiger partial charge in [0.05, 0.1) is 31.6 Å². The zero-order valence-corrected chi connectivity index (χ0v) is 15.1. The van der Waals surface area contributed by atoms with Crippen LogP contribution in [0.3, 0.4) is 0 Å². The monoisotopic (exact) mass is 365 g/mol. The van der Waals surface area contributed by atoms with Crippen LogP contribution in [0.4, 0.5) is 0 Å². The second-order valence-electron chi connectivity index (χ2n) is 6.69. The van der Waals surface area contributed by atoms with Crippen LogP contribution < -0.4 is 0 Å². The van der Waals surface area contributed by atoms with Crippen molar-refractivity contribution < 1.29 is 31.5 Å². The zero-order valence-electron chi connectivity index (χ0n) is 14.3. The molecule has 11 heteroatoms. The van der Waals surface area contributed by atoms with Crippen LogP contribution in [0.2, 0.25) is 0 Å². The molecule has 0 N–H and O–H groups in total. The number of hydrogen-bond donors (Lipinski definition) is 0. The topological polar surface area (TPSA) is 129 Å². The number of ether oxygens (including phenoxy) is 4. The lowest BCUT2D eigenvalue weighted by Gasteiger charge is -2.27. The maximum atomic E-state index is 11.2. The van der Waals surface area contributed by atoms with Gasteiger partial charge in [0.15, 0.2) is 11.6 Å². The van der Waals surface area contributed by atoms with E-state index in [1.54, 1.807) is 27.7 Å². The lowest BCUT2D eigenvalue weighted by molar-refractivity contribution is -0.159. The molecule has 0 spiro atoms. The third-order valence-corrected chi connectivity index (χ3v) is 4.17. The normalized spacial score (nSPS) is 33.1. The van der Waals surface area contributed by atoms with Gasteiger partial charge >= 0.3 is 0 Å². The molecule has 0 aliphatic carbocycles. The van der Waals surface area contributed by atoms with E-state index in [1.165, 1.54) is 0 Å². The Bertz CT molecular complexity index is 615. The molecule has 0 saturated carbocycles. The van der Waals surface area contributed by atoms with Gasteiger partial charge in [0.1, 0.15) is 12.2 Å². The van der Waals surface area contributed by atoms with Gasteiger partial charge in [-0.3, -0.25) is 4.18 Å². The summed E-state index contributed by atoms with van der Waals surface area (Å²) in [6, 6.07) is -0.758. The summed E-state index contributed by atoms with van der Waals surface area (Å²) in [6.45, 7) is 6.84. The largest absolute Gasteiger partial charge is 0.348 e. The van der Waals surface area contributed by atoms with E-state index in [1.807, 2.05) is 0 Å². The molecule has 0 aromatic rings. The van der Waals surface area contributed by atoms with E-state index in [9.17, 15) is 8.42 Å². The van der Waals surface area contributed by atoms with Gasteiger partial charge in [-0.2, -0.15) is 8.42 Å². The van der Waals surface area contributed by atoms with Crippen LogP contribution in [-0.4, -0.2) is 63.8 Å². The summed E-state index contributed by atoms with van der Waals surface area (Å²) in [5.74, 6) is -1.78. The van der Waals surface area contributed by atoms with Crippen LogP contribution in [0.15, 0.2) is 5.11 Å². The molecular weight excluding hydrogens is 342 g/mol. The minimum absolute atomic E-state index is 0.219. The molecule has 2 aliphatic heterocycles. The van der Waals surface area contributed by atoms with Crippen molar-refractivity contribution in [1.29, 1.82) is 0 Å². The molecule has 0 radical (unpaired) electrons. The molecule has 0 aromatic carbocycles. The van der Waals surface area contributed by atoms with E-state index in [2.05, 4.69) is 10.0 Å². The Hall–Kier alpha value is -0.940. The van der Waals surface area contributed by atoms with Crippen molar-refractivity contribution >= 4 is 10.1 Å². The van der Waals surface area contributed by atoms with Gasteiger partial charge in [-0.15, -0.1) is 0 Å². The van der Waals surface area contributed by atoms with Crippen molar-refractivity contribution in [3.05, 3.63) is 10.4 Å². The summed E-state index contributed by atoms with van der Waals surface area (Å²) < 4.78 is 50.1. The summed E-state index contributed by atoms with van der Waals surface area (Å²) in [5, 5.41) is 3.78. The Labute approximate surface area is 141 Å². The zero-order chi connectivity index (χ0) is 18.2. The summed E-state index contributed by atoms with van der Waals surface area (Å²) in [4.78, 5) is 2.86. The van der Waals surface area contributed by atoms with Crippen LogP contribution in [0.5, 0.6) is 0 Å². The van der Waals surface area contributed by atoms with E-state index >= 15 is 0 Å². The standard InChI is InChI=1S/C13H23N3O7S/c1-12(2)19-6-8(21-12)10(15-16-14)11-9(7-20-24(5,17)18)22-13(3,4)23-11/h8-11H,6-7H2,1-5H3/t8-,9+,10-,11-/m1/s1. The van der Waals surface area contributed by atoms with Gasteiger partial charge in [-0.05, 0) is 33.2 Å². The van der Waals surface area contributed by atoms with Gasteiger partial charge < -0.3 is 18.9 Å². The molecular formula is C13H23N3O7S. The minimum Gasteiger partial charge on any atom is -0.348 e.